The van der Waals surface area contributed by atoms with Gasteiger partial charge in [0.05, 0.1) is 26.4 Å². The molecule has 0 saturated heterocycles. The van der Waals surface area contributed by atoms with Gasteiger partial charge in [0.2, 0.25) is 0 Å². The Morgan fingerprint density at radius 3 is 1.85 bits per heavy atom. The summed E-state index contributed by atoms with van der Waals surface area (Å²) in [5.41, 5.74) is 0.465. The highest BCUT2D eigenvalue weighted by Gasteiger charge is 2.11. The molecule has 0 unspecified atom stereocenters. The largest absolute Gasteiger partial charge is 0.493 e. The van der Waals surface area contributed by atoms with E-state index in [1.54, 1.807) is 25.3 Å². The maximum atomic E-state index is 11.6. The molecule has 0 spiro atoms. The highest BCUT2D eigenvalue weighted by Crippen LogP contribution is 2.28. The number of rotatable bonds is 16. The second-order valence-corrected chi connectivity index (χ2v) is 7.09. The fourth-order valence-corrected chi connectivity index (χ4v) is 3.16. The number of hydrogen-bond acceptors (Lipinski definition) is 4. The second kappa shape index (κ2) is 15.4. The average Bonchev–Trinajstić information content (AvgIpc) is 2.70. The highest BCUT2D eigenvalue weighted by molar-refractivity contribution is 5.90. The normalized spacial score (nSPS) is 10.6. The minimum Gasteiger partial charge on any atom is -0.493 e. The van der Waals surface area contributed by atoms with Crippen LogP contribution < -0.4 is 9.47 Å². The van der Waals surface area contributed by atoms with E-state index >= 15 is 0 Å². The zero-order valence-electron chi connectivity index (χ0n) is 17.6. The van der Waals surface area contributed by atoms with Gasteiger partial charge in [-0.05, 0) is 24.6 Å². The molecule has 0 aliphatic carbocycles. The second-order valence-electron chi connectivity index (χ2n) is 7.09. The molecule has 0 bridgehead atoms. The first-order chi connectivity index (χ1) is 13.2. The number of ether oxygens (including phenoxy) is 3. The molecule has 0 heterocycles. The number of carbonyl (C=O) groups is 1. The van der Waals surface area contributed by atoms with Crippen LogP contribution in [0, 0.1) is 0 Å². The summed E-state index contributed by atoms with van der Waals surface area (Å²) in [4.78, 5) is 11.6. The van der Waals surface area contributed by atoms with Gasteiger partial charge < -0.3 is 14.2 Å². The maximum absolute atomic E-state index is 11.6. The van der Waals surface area contributed by atoms with Crippen molar-refractivity contribution in [1.29, 1.82) is 0 Å². The molecule has 1 rings (SSSR count). The molecule has 4 heteroatoms. The van der Waals surface area contributed by atoms with Gasteiger partial charge in [-0.3, -0.25) is 0 Å². The van der Waals surface area contributed by atoms with Crippen LogP contribution in [-0.4, -0.2) is 26.8 Å². The summed E-state index contributed by atoms with van der Waals surface area (Å²) in [7, 11) is 2.94. The lowest BCUT2D eigenvalue weighted by Gasteiger charge is -2.11. The summed E-state index contributed by atoms with van der Waals surface area (Å²) in [5, 5.41) is 0. The van der Waals surface area contributed by atoms with Gasteiger partial charge in [-0.1, -0.05) is 77.6 Å². The summed E-state index contributed by atoms with van der Waals surface area (Å²) in [6, 6.07) is 5.13. The summed E-state index contributed by atoms with van der Waals surface area (Å²) in [6.07, 6.45) is 15.9. The van der Waals surface area contributed by atoms with E-state index < -0.39 is 0 Å². The number of benzene rings is 1. The zero-order chi connectivity index (χ0) is 19.7. The molecule has 0 N–H and O–H groups in total. The molecular formula is C23H38O4. The van der Waals surface area contributed by atoms with Crippen LogP contribution in [0.15, 0.2) is 18.2 Å². The van der Waals surface area contributed by atoms with E-state index in [0.29, 0.717) is 23.7 Å². The molecule has 154 valence electrons. The molecule has 0 saturated carbocycles. The van der Waals surface area contributed by atoms with E-state index in [1.165, 1.54) is 77.7 Å². The number of hydrogen-bond donors (Lipinski definition) is 0. The molecule has 0 amide bonds. The molecule has 0 aliphatic rings. The van der Waals surface area contributed by atoms with Gasteiger partial charge in [0.15, 0.2) is 11.5 Å². The Kier molecular flexibility index (Phi) is 13.3. The minimum absolute atomic E-state index is 0.374. The average molecular weight is 379 g/mol. The van der Waals surface area contributed by atoms with Gasteiger partial charge >= 0.3 is 5.97 Å². The van der Waals surface area contributed by atoms with Crippen molar-refractivity contribution in [3.05, 3.63) is 23.8 Å². The van der Waals surface area contributed by atoms with Gasteiger partial charge in [-0.15, -0.1) is 0 Å². The first-order valence-corrected chi connectivity index (χ1v) is 10.6. The van der Waals surface area contributed by atoms with Crippen LogP contribution in [0.4, 0.5) is 0 Å². The maximum Gasteiger partial charge on any atom is 0.337 e. The Morgan fingerprint density at radius 1 is 0.778 bits per heavy atom. The SMILES string of the molecule is CCCCCCCCCCCCCCOc1ccc(C(=O)OC)cc1OC. The van der Waals surface area contributed by atoms with Crippen molar-refractivity contribution in [2.45, 2.75) is 84.0 Å². The summed E-state index contributed by atoms with van der Waals surface area (Å²) in [5.74, 6) is 0.867. The first-order valence-electron chi connectivity index (χ1n) is 10.6. The molecule has 4 nitrogen and oxygen atoms in total. The van der Waals surface area contributed by atoms with Crippen LogP contribution in [0.1, 0.15) is 94.3 Å². The van der Waals surface area contributed by atoms with Crippen molar-refractivity contribution >= 4 is 5.97 Å². The van der Waals surface area contributed by atoms with E-state index in [1.807, 2.05) is 0 Å². The highest BCUT2D eigenvalue weighted by atomic mass is 16.5. The predicted molar refractivity (Wildman–Crippen MR) is 111 cm³/mol. The molecule has 0 atom stereocenters. The Hall–Kier alpha value is -1.71. The third kappa shape index (κ3) is 10.3. The van der Waals surface area contributed by atoms with Gasteiger partial charge in [0, 0.05) is 0 Å². The summed E-state index contributed by atoms with van der Waals surface area (Å²) < 4.78 is 15.8. The van der Waals surface area contributed by atoms with E-state index in [4.69, 9.17) is 14.2 Å². The van der Waals surface area contributed by atoms with Crippen LogP contribution >= 0.6 is 0 Å². The molecule has 1 aromatic rings. The Morgan fingerprint density at radius 2 is 1.33 bits per heavy atom. The molecular weight excluding hydrogens is 340 g/mol. The number of carbonyl (C=O) groups excluding carboxylic acids is 1. The molecule has 1 aromatic carbocycles. The Balaban J connectivity index is 2.07. The van der Waals surface area contributed by atoms with Crippen molar-refractivity contribution in [3.63, 3.8) is 0 Å². The number of unbranched alkanes of at least 4 members (excludes halogenated alkanes) is 11. The number of methoxy groups -OCH3 is 2. The van der Waals surface area contributed by atoms with E-state index in [-0.39, 0.29) is 5.97 Å². The molecule has 0 fully saturated rings. The van der Waals surface area contributed by atoms with E-state index in [2.05, 4.69) is 6.92 Å². The molecule has 0 radical (unpaired) electrons. The standard InChI is InChI=1S/C23H38O4/c1-4-5-6-7-8-9-10-11-12-13-14-15-18-27-21-17-16-20(23(24)26-3)19-22(21)25-2/h16-17,19H,4-15,18H2,1-3H3. The van der Waals surface area contributed by atoms with Gasteiger partial charge in [0.25, 0.3) is 0 Å². The molecule has 0 aromatic heterocycles. The quantitative estimate of drug-likeness (QED) is 0.241. The van der Waals surface area contributed by atoms with Crippen LogP contribution in [0.3, 0.4) is 0 Å². The predicted octanol–water partition coefficient (Wildman–Crippen LogP) is 6.56. The minimum atomic E-state index is -0.374. The van der Waals surface area contributed by atoms with Crippen molar-refractivity contribution in [3.8, 4) is 11.5 Å². The van der Waals surface area contributed by atoms with Crippen molar-refractivity contribution in [1.82, 2.24) is 0 Å². The lowest BCUT2D eigenvalue weighted by atomic mass is 10.1. The van der Waals surface area contributed by atoms with Crippen LogP contribution in [0.5, 0.6) is 11.5 Å². The van der Waals surface area contributed by atoms with Gasteiger partial charge in [0.1, 0.15) is 0 Å². The lowest BCUT2D eigenvalue weighted by Crippen LogP contribution is -2.04. The van der Waals surface area contributed by atoms with Crippen LogP contribution in [0.2, 0.25) is 0 Å². The molecule has 27 heavy (non-hydrogen) atoms. The van der Waals surface area contributed by atoms with Crippen LogP contribution in [-0.2, 0) is 4.74 Å². The fraction of sp³-hybridized carbons (Fsp3) is 0.696. The van der Waals surface area contributed by atoms with Crippen molar-refractivity contribution < 1.29 is 19.0 Å². The van der Waals surface area contributed by atoms with E-state index in [0.717, 1.165) is 6.42 Å². The monoisotopic (exact) mass is 378 g/mol. The third-order valence-electron chi connectivity index (χ3n) is 4.84. The summed E-state index contributed by atoms with van der Waals surface area (Å²) in [6.45, 7) is 2.94. The zero-order valence-corrected chi connectivity index (χ0v) is 17.6. The van der Waals surface area contributed by atoms with Gasteiger partial charge in [-0.2, -0.15) is 0 Å². The third-order valence-corrected chi connectivity index (χ3v) is 4.84. The molecule has 0 aliphatic heterocycles. The van der Waals surface area contributed by atoms with Crippen molar-refractivity contribution in [2.75, 3.05) is 20.8 Å². The van der Waals surface area contributed by atoms with E-state index in [9.17, 15) is 4.79 Å². The van der Waals surface area contributed by atoms with Gasteiger partial charge in [-0.25, -0.2) is 4.79 Å². The smallest absolute Gasteiger partial charge is 0.337 e. The van der Waals surface area contributed by atoms with Crippen LogP contribution in [0.25, 0.3) is 0 Å². The topological polar surface area (TPSA) is 44.8 Å². The Bertz CT molecular complexity index is 513. The fourth-order valence-electron chi connectivity index (χ4n) is 3.16. The first kappa shape index (κ1) is 23.3. The van der Waals surface area contributed by atoms with Crippen molar-refractivity contribution in [2.24, 2.45) is 0 Å². The summed E-state index contributed by atoms with van der Waals surface area (Å²) >= 11 is 0. The Labute approximate surface area is 165 Å². The lowest BCUT2D eigenvalue weighted by molar-refractivity contribution is 0.0600. The number of esters is 1.